The molecule has 22 heavy (non-hydrogen) atoms. The second-order valence-corrected chi connectivity index (χ2v) is 4.95. The zero-order chi connectivity index (χ0) is 16.7. The summed E-state index contributed by atoms with van der Waals surface area (Å²) in [6.45, 7) is 2.72. The van der Waals surface area contributed by atoms with Crippen molar-refractivity contribution in [1.29, 1.82) is 0 Å². The van der Waals surface area contributed by atoms with Crippen molar-refractivity contribution in [2.24, 2.45) is 5.10 Å². The van der Waals surface area contributed by atoms with E-state index in [9.17, 15) is 28.8 Å². The maximum atomic E-state index is 13.1. The number of carbonyl (C=O) groups excluding carboxylic acids is 1. The van der Waals surface area contributed by atoms with Crippen molar-refractivity contribution in [3.8, 4) is 0 Å². The maximum absolute atomic E-state index is 13.1. The van der Waals surface area contributed by atoms with Crippen molar-refractivity contribution < 1.29 is 23.6 Å². The van der Waals surface area contributed by atoms with Crippen LogP contribution < -0.4 is 0 Å². The molecule has 2 unspecified atom stereocenters. The molecule has 0 aliphatic carbocycles. The average Bonchev–Trinajstić information content (AvgIpc) is 3.02. The van der Waals surface area contributed by atoms with Gasteiger partial charge in [0.1, 0.15) is 18.4 Å². The lowest BCUT2D eigenvalue weighted by Gasteiger charge is -2.31. The monoisotopic (exact) mass is 317 g/mol. The van der Waals surface area contributed by atoms with E-state index < -0.39 is 35.4 Å². The summed E-state index contributed by atoms with van der Waals surface area (Å²) in [5.74, 6) is -0.947. The summed E-state index contributed by atoms with van der Waals surface area (Å²) in [5, 5.41) is 28.2. The third-order valence-electron chi connectivity index (χ3n) is 3.26. The van der Waals surface area contributed by atoms with Gasteiger partial charge < -0.3 is 5.11 Å². The number of amides is 1. The summed E-state index contributed by atoms with van der Waals surface area (Å²) in [7, 11) is 0. The highest BCUT2D eigenvalue weighted by Gasteiger charge is 2.51. The van der Waals surface area contributed by atoms with Gasteiger partial charge in [-0.05, 0) is 13.8 Å². The zero-order valence-corrected chi connectivity index (χ0v) is 11.7. The van der Waals surface area contributed by atoms with Crippen LogP contribution in [0.4, 0.5) is 14.5 Å². The van der Waals surface area contributed by atoms with Crippen LogP contribution in [0.15, 0.2) is 17.5 Å². The van der Waals surface area contributed by atoms with E-state index in [4.69, 9.17) is 0 Å². The fraction of sp³-hybridized carbons (Fsp3) is 0.545. The van der Waals surface area contributed by atoms with Crippen LogP contribution in [0.2, 0.25) is 0 Å². The number of rotatable bonds is 4. The van der Waals surface area contributed by atoms with Crippen LogP contribution in [0.3, 0.4) is 0 Å². The molecule has 1 aliphatic rings. The second kappa shape index (κ2) is 5.40. The first-order chi connectivity index (χ1) is 10.2. The molecule has 2 atom stereocenters. The van der Waals surface area contributed by atoms with Crippen LogP contribution in [0, 0.1) is 10.1 Å². The van der Waals surface area contributed by atoms with E-state index in [1.165, 1.54) is 13.8 Å². The van der Waals surface area contributed by atoms with Gasteiger partial charge in [0, 0.05) is 12.1 Å². The molecular weight excluding hydrogens is 304 g/mol. The molecule has 0 saturated heterocycles. The van der Waals surface area contributed by atoms with Crippen LogP contribution in [-0.2, 0) is 4.79 Å². The number of nitro groups is 1. The van der Waals surface area contributed by atoms with E-state index in [0.717, 1.165) is 17.1 Å². The Hall–Kier alpha value is -2.43. The van der Waals surface area contributed by atoms with E-state index in [0.29, 0.717) is 5.01 Å². The Morgan fingerprint density at radius 3 is 2.73 bits per heavy atom. The number of hydrogen-bond acceptors (Lipinski definition) is 6. The Kier molecular flexibility index (Phi) is 3.92. The number of halogens is 2. The van der Waals surface area contributed by atoms with Crippen LogP contribution in [-0.4, -0.2) is 48.6 Å². The number of carbonyl (C=O) groups is 1. The molecule has 1 aliphatic heterocycles. The first kappa shape index (κ1) is 15.9. The number of aliphatic hydroxyl groups is 1. The fourth-order valence-corrected chi connectivity index (χ4v) is 2.08. The highest BCUT2D eigenvalue weighted by molar-refractivity contribution is 5.90. The molecule has 1 aromatic rings. The summed E-state index contributed by atoms with van der Waals surface area (Å²) in [6.07, 6.45) is -1.75. The molecule has 1 amide bonds. The quantitative estimate of drug-likeness (QED) is 0.655. The lowest BCUT2D eigenvalue weighted by molar-refractivity contribution is -0.385. The largest absolute Gasteiger partial charge is 0.364 e. The highest BCUT2D eigenvalue weighted by Crippen LogP contribution is 2.33. The predicted molar refractivity (Wildman–Crippen MR) is 69.1 cm³/mol. The third-order valence-corrected chi connectivity index (χ3v) is 3.26. The molecule has 120 valence electrons. The summed E-state index contributed by atoms with van der Waals surface area (Å²) < 4.78 is 27.1. The standard InChI is InChI=1S/C11H13F2N5O4/c1-6-3-11(20,10(12)13)17(15-6)9(19)7(2)16-5-8(4-14-16)18(21)22/h4-5,7,10,20H,3H2,1-2H3. The second-order valence-electron chi connectivity index (χ2n) is 4.95. The Morgan fingerprint density at radius 1 is 1.59 bits per heavy atom. The number of alkyl halides is 2. The fourth-order valence-electron chi connectivity index (χ4n) is 2.08. The molecule has 2 heterocycles. The first-order valence-corrected chi connectivity index (χ1v) is 6.24. The van der Waals surface area contributed by atoms with Crippen molar-refractivity contribution >= 4 is 17.3 Å². The van der Waals surface area contributed by atoms with Gasteiger partial charge in [-0.15, -0.1) is 0 Å². The lowest BCUT2D eigenvalue weighted by atomic mass is 10.1. The predicted octanol–water partition coefficient (Wildman–Crippen LogP) is 0.914. The van der Waals surface area contributed by atoms with E-state index >= 15 is 0 Å². The molecule has 2 rings (SSSR count). The number of nitrogens with zero attached hydrogens (tertiary/aromatic N) is 5. The van der Waals surface area contributed by atoms with E-state index in [-0.39, 0.29) is 11.4 Å². The van der Waals surface area contributed by atoms with Crippen molar-refractivity contribution in [2.75, 3.05) is 0 Å². The summed E-state index contributed by atoms with van der Waals surface area (Å²) in [5.41, 5.74) is -2.88. The van der Waals surface area contributed by atoms with Gasteiger partial charge in [0.05, 0.1) is 4.92 Å². The molecule has 9 nitrogen and oxygen atoms in total. The Labute approximate surface area is 123 Å². The molecule has 0 radical (unpaired) electrons. The molecule has 0 bridgehead atoms. The van der Waals surface area contributed by atoms with Gasteiger partial charge in [0.2, 0.25) is 5.72 Å². The topological polar surface area (TPSA) is 114 Å². The SMILES string of the molecule is CC1=NN(C(=O)C(C)n2cc([N+](=O)[O-])cn2)C(O)(C(F)F)C1. The van der Waals surface area contributed by atoms with Gasteiger partial charge >= 0.3 is 5.69 Å². The lowest BCUT2D eigenvalue weighted by Crippen LogP contribution is -2.53. The average molecular weight is 317 g/mol. The van der Waals surface area contributed by atoms with Gasteiger partial charge in [-0.25, -0.2) is 8.78 Å². The van der Waals surface area contributed by atoms with E-state index in [1.54, 1.807) is 0 Å². The van der Waals surface area contributed by atoms with E-state index in [2.05, 4.69) is 10.2 Å². The smallest absolute Gasteiger partial charge is 0.307 e. The van der Waals surface area contributed by atoms with Crippen LogP contribution >= 0.6 is 0 Å². The van der Waals surface area contributed by atoms with Crippen molar-refractivity contribution in [3.63, 3.8) is 0 Å². The van der Waals surface area contributed by atoms with Crippen molar-refractivity contribution in [3.05, 3.63) is 22.5 Å². The molecule has 0 aromatic carbocycles. The summed E-state index contributed by atoms with van der Waals surface area (Å²) in [6, 6.07) is -1.14. The van der Waals surface area contributed by atoms with Gasteiger partial charge in [-0.3, -0.25) is 19.6 Å². The molecule has 1 aromatic heterocycles. The van der Waals surface area contributed by atoms with Crippen molar-refractivity contribution in [1.82, 2.24) is 14.8 Å². The molecule has 0 fully saturated rings. The molecule has 1 N–H and O–H groups in total. The van der Waals surface area contributed by atoms with Gasteiger partial charge in [0.15, 0.2) is 0 Å². The third kappa shape index (κ3) is 2.54. The van der Waals surface area contributed by atoms with E-state index in [1.807, 2.05) is 0 Å². The summed E-state index contributed by atoms with van der Waals surface area (Å²) in [4.78, 5) is 22.2. The minimum atomic E-state index is -3.21. The normalized spacial score (nSPS) is 22.8. The van der Waals surface area contributed by atoms with Crippen molar-refractivity contribution in [2.45, 2.75) is 38.5 Å². The maximum Gasteiger partial charge on any atom is 0.307 e. The minimum absolute atomic E-state index is 0.176. The molecule has 11 heteroatoms. The Bertz CT molecular complexity index is 646. The number of hydrogen-bond donors (Lipinski definition) is 1. The molecule has 0 saturated carbocycles. The summed E-state index contributed by atoms with van der Waals surface area (Å²) >= 11 is 0. The van der Waals surface area contributed by atoms with Crippen LogP contribution in [0.25, 0.3) is 0 Å². The highest BCUT2D eigenvalue weighted by atomic mass is 19.3. The van der Waals surface area contributed by atoms with Gasteiger partial charge in [-0.2, -0.15) is 15.2 Å². The van der Waals surface area contributed by atoms with Gasteiger partial charge in [-0.1, -0.05) is 0 Å². The Morgan fingerprint density at radius 2 is 2.23 bits per heavy atom. The molecule has 0 spiro atoms. The molecular formula is C11H13F2N5O4. The first-order valence-electron chi connectivity index (χ1n) is 6.24. The zero-order valence-electron chi connectivity index (χ0n) is 11.7. The van der Waals surface area contributed by atoms with Crippen LogP contribution in [0.5, 0.6) is 0 Å². The number of aromatic nitrogens is 2. The Balaban J connectivity index is 2.27. The minimum Gasteiger partial charge on any atom is -0.364 e. The van der Waals surface area contributed by atoms with Crippen LogP contribution in [0.1, 0.15) is 26.3 Å². The number of hydrazone groups is 1. The van der Waals surface area contributed by atoms with Gasteiger partial charge in [0.25, 0.3) is 12.3 Å².